The molecule has 0 bridgehead atoms. The fourth-order valence-electron chi connectivity index (χ4n) is 1.56. The van der Waals surface area contributed by atoms with E-state index in [2.05, 4.69) is 10.3 Å². The van der Waals surface area contributed by atoms with Gasteiger partial charge in [0.15, 0.2) is 15.7 Å². The lowest BCUT2D eigenvalue weighted by atomic mass is 10.2. The first-order chi connectivity index (χ1) is 9.38. The maximum atomic E-state index is 13.4. The quantitative estimate of drug-likeness (QED) is 0.937. The predicted molar refractivity (Wildman–Crippen MR) is 71.7 cm³/mol. The van der Waals surface area contributed by atoms with Crippen LogP contribution in [0.3, 0.4) is 0 Å². The summed E-state index contributed by atoms with van der Waals surface area (Å²) in [5, 5.41) is 2.44. The Hall–Kier alpha value is -2.28. The van der Waals surface area contributed by atoms with Crippen LogP contribution in [-0.4, -0.2) is 25.6 Å². The number of carbonyl (C=O) groups is 1. The van der Waals surface area contributed by atoms with Gasteiger partial charge < -0.3 is 5.32 Å². The summed E-state index contributed by atoms with van der Waals surface area (Å²) in [6.07, 6.45) is 3.29. The number of anilines is 1. The molecule has 1 amide bonds. The van der Waals surface area contributed by atoms with Gasteiger partial charge in [-0.1, -0.05) is 6.07 Å². The number of benzene rings is 1. The number of aromatic nitrogens is 1. The Balaban J connectivity index is 2.27. The van der Waals surface area contributed by atoms with E-state index in [-0.39, 0.29) is 16.1 Å². The Kier molecular flexibility index (Phi) is 3.80. The van der Waals surface area contributed by atoms with Gasteiger partial charge in [0, 0.05) is 18.1 Å². The zero-order valence-electron chi connectivity index (χ0n) is 10.5. The zero-order valence-corrected chi connectivity index (χ0v) is 11.3. The van der Waals surface area contributed by atoms with Crippen molar-refractivity contribution < 1.29 is 17.6 Å². The summed E-state index contributed by atoms with van der Waals surface area (Å²) in [6, 6.07) is 6.98. The van der Waals surface area contributed by atoms with Gasteiger partial charge in [-0.2, -0.15) is 0 Å². The summed E-state index contributed by atoms with van der Waals surface area (Å²) in [4.78, 5) is 15.5. The van der Waals surface area contributed by atoms with Crippen LogP contribution in [0.1, 0.15) is 10.4 Å². The van der Waals surface area contributed by atoms with Crippen LogP contribution in [0.2, 0.25) is 0 Å². The number of carbonyl (C=O) groups excluding carboxylic acids is 1. The summed E-state index contributed by atoms with van der Waals surface area (Å²) >= 11 is 0. The van der Waals surface area contributed by atoms with Crippen molar-refractivity contribution in [1.82, 2.24) is 4.98 Å². The molecule has 104 valence electrons. The molecule has 1 aromatic carbocycles. The second kappa shape index (κ2) is 5.38. The number of hydrogen-bond acceptors (Lipinski definition) is 4. The molecule has 0 spiro atoms. The molecule has 0 unspecified atom stereocenters. The van der Waals surface area contributed by atoms with Gasteiger partial charge in [0.2, 0.25) is 0 Å². The molecule has 0 atom stereocenters. The number of nitrogens with one attached hydrogen (secondary N) is 1. The SMILES string of the molecule is CS(=O)(=O)c1cccc(NC(=O)c2ccncc2F)c1. The monoisotopic (exact) mass is 294 g/mol. The van der Waals surface area contributed by atoms with Gasteiger partial charge >= 0.3 is 0 Å². The van der Waals surface area contributed by atoms with Crippen molar-refractivity contribution in [2.24, 2.45) is 0 Å². The van der Waals surface area contributed by atoms with Crippen LogP contribution in [0.15, 0.2) is 47.6 Å². The van der Waals surface area contributed by atoms with E-state index >= 15 is 0 Å². The van der Waals surface area contributed by atoms with Gasteiger partial charge in [-0.3, -0.25) is 9.78 Å². The minimum Gasteiger partial charge on any atom is -0.322 e. The van der Waals surface area contributed by atoms with Crippen molar-refractivity contribution in [2.75, 3.05) is 11.6 Å². The summed E-state index contributed by atoms with van der Waals surface area (Å²) in [6.45, 7) is 0. The molecule has 2 rings (SSSR count). The fraction of sp³-hybridized carbons (Fsp3) is 0.0769. The number of amides is 1. The van der Waals surface area contributed by atoms with Crippen LogP contribution >= 0.6 is 0 Å². The van der Waals surface area contributed by atoms with Crippen LogP contribution in [0, 0.1) is 5.82 Å². The van der Waals surface area contributed by atoms with Gasteiger partial charge in [0.25, 0.3) is 5.91 Å². The molecule has 5 nitrogen and oxygen atoms in total. The van der Waals surface area contributed by atoms with E-state index in [1.54, 1.807) is 0 Å². The highest BCUT2D eigenvalue weighted by atomic mass is 32.2. The van der Waals surface area contributed by atoms with Gasteiger partial charge in [0.05, 0.1) is 16.7 Å². The molecule has 0 aliphatic heterocycles. The maximum Gasteiger partial charge on any atom is 0.258 e. The molecular weight excluding hydrogens is 283 g/mol. The highest BCUT2D eigenvalue weighted by molar-refractivity contribution is 7.90. The van der Waals surface area contributed by atoms with E-state index in [1.165, 1.54) is 36.5 Å². The second-order valence-electron chi connectivity index (χ2n) is 4.11. The van der Waals surface area contributed by atoms with Gasteiger partial charge in [-0.25, -0.2) is 12.8 Å². The molecule has 0 saturated carbocycles. The molecule has 1 N–H and O–H groups in total. The van der Waals surface area contributed by atoms with Crippen LogP contribution < -0.4 is 5.32 Å². The lowest BCUT2D eigenvalue weighted by molar-refractivity contribution is 0.102. The summed E-state index contributed by atoms with van der Waals surface area (Å²) in [5.41, 5.74) is 0.110. The van der Waals surface area contributed by atoms with E-state index in [9.17, 15) is 17.6 Å². The Morgan fingerprint density at radius 3 is 2.70 bits per heavy atom. The van der Waals surface area contributed by atoms with Crippen LogP contribution in [-0.2, 0) is 9.84 Å². The summed E-state index contributed by atoms with van der Waals surface area (Å²) < 4.78 is 36.2. The molecule has 7 heteroatoms. The molecule has 0 aliphatic carbocycles. The number of pyridine rings is 1. The number of sulfone groups is 1. The Morgan fingerprint density at radius 2 is 2.05 bits per heavy atom. The molecule has 0 aliphatic rings. The zero-order chi connectivity index (χ0) is 14.8. The van der Waals surface area contributed by atoms with Gasteiger partial charge in [0.1, 0.15) is 0 Å². The average molecular weight is 294 g/mol. The van der Waals surface area contributed by atoms with Crippen molar-refractivity contribution in [3.8, 4) is 0 Å². The molecule has 0 radical (unpaired) electrons. The third kappa shape index (κ3) is 3.18. The topological polar surface area (TPSA) is 76.1 Å². The number of rotatable bonds is 3. The van der Waals surface area contributed by atoms with E-state index in [0.29, 0.717) is 0 Å². The lowest BCUT2D eigenvalue weighted by Crippen LogP contribution is -2.14. The van der Waals surface area contributed by atoms with Crippen LogP contribution in [0.4, 0.5) is 10.1 Å². The Morgan fingerprint density at radius 1 is 1.30 bits per heavy atom. The van der Waals surface area contributed by atoms with Crippen molar-refractivity contribution >= 4 is 21.4 Å². The molecule has 1 aromatic heterocycles. The molecule has 2 aromatic rings. The standard InChI is InChI=1S/C13H11FN2O3S/c1-20(18,19)10-4-2-3-9(7-10)16-13(17)11-5-6-15-8-12(11)14/h2-8H,1H3,(H,16,17). The largest absolute Gasteiger partial charge is 0.322 e. The first-order valence-electron chi connectivity index (χ1n) is 5.59. The van der Waals surface area contributed by atoms with Crippen molar-refractivity contribution in [2.45, 2.75) is 4.90 Å². The number of nitrogens with zero attached hydrogens (tertiary/aromatic N) is 1. The van der Waals surface area contributed by atoms with Crippen LogP contribution in [0.25, 0.3) is 0 Å². The number of hydrogen-bond donors (Lipinski definition) is 1. The van der Waals surface area contributed by atoms with Gasteiger partial charge in [-0.15, -0.1) is 0 Å². The third-order valence-electron chi connectivity index (χ3n) is 2.54. The fourth-order valence-corrected chi connectivity index (χ4v) is 2.23. The first kappa shape index (κ1) is 14.1. The molecule has 20 heavy (non-hydrogen) atoms. The lowest BCUT2D eigenvalue weighted by Gasteiger charge is -2.07. The first-order valence-corrected chi connectivity index (χ1v) is 7.48. The van der Waals surface area contributed by atoms with Crippen LogP contribution in [0.5, 0.6) is 0 Å². The van der Waals surface area contributed by atoms with E-state index in [1.807, 2.05) is 0 Å². The minimum atomic E-state index is -3.37. The smallest absolute Gasteiger partial charge is 0.258 e. The van der Waals surface area contributed by atoms with E-state index in [0.717, 1.165) is 12.5 Å². The normalized spacial score (nSPS) is 11.1. The predicted octanol–water partition coefficient (Wildman–Crippen LogP) is 1.88. The molecule has 1 heterocycles. The summed E-state index contributed by atoms with van der Waals surface area (Å²) in [7, 11) is -3.37. The maximum absolute atomic E-state index is 13.4. The Bertz CT molecular complexity index is 760. The highest BCUT2D eigenvalue weighted by Gasteiger charge is 2.13. The molecular formula is C13H11FN2O3S. The Labute approximate surface area is 115 Å². The van der Waals surface area contributed by atoms with Crippen molar-refractivity contribution in [3.05, 3.63) is 54.1 Å². The molecule has 0 fully saturated rings. The van der Waals surface area contributed by atoms with Crippen molar-refractivity contribution in [1.29, 1.82) is 0 Å². The van der Waals surface area contributed by atoms with E-state index in [4.69, 9.17) is 0 Å². The average Bonchev–Trinajstić information content (AvgIpc) is 2.38. The minimum absolute atomic E-state index is 0.0745. The number of halogens is 1. The third-order valence-corrected chi connectivity index (χ3v) is 3.65. The molecule has 0 saturated heterocycles. The van der Waals surface area contributed by atoms with Gasteiger partial charge in [-0.05, 0) is 24.3 Å². The summed E-state index contributed by atoms with van der Waals surface area (Å²) in [5.74, 6) is -1.42. The highest BCUT2D eigenvalue weighted by Crippen LogP contribution is 2.16. The van der Waals surface area contributed by atoms with Crippen molar-refractivity contribution in [3.63, 3.8) is 0 Å². The second-order valence-corrected chi connectivity index (χ2v) is 6.13. The van der Waals surface area contributed by atoms with E-state index < -0.39 is 21.6 Å².